The SMILES string of the molecule is COC(=O)c1cc(SC(C)C)cc(C(=O)OC)n1. The Kier molecular flexibility index (Phi) is 5.15. The predicted octanol–water partition coefficient (Wildman–Crippen LogP) is 2.16. The number of methoxy groups -OCH3 is 2. The number of nitrogens with zero attached hydrogens (tertiary/aromatic N) is 1. The van der Waals surface area contributed by atoms with Crippen LogP contribution in [0.15, 0.2) is 17.0 Å². The van der Waals surface area contributed by atoms with Crippen LogP contribution >= 0.6 is 11.8 Å². The van der Waals surface area contributed by atoms with Gasteiger partial charge in [-0.15, -0.1) is 11.8 Å². The first-order valence-corrected chi connectivity index (χ1v) is 6.21. The fourth-order valence-electron chi connectivity index (χ4n) is 1.26. The van der Waals surface area contributed by atoms with Crippen LogP contribution in [0.5, 0.6) is 0 Å². The van der Waals surface area contributed by atoms with Crippen LogP contribution in [0, 0.1) is 0 Å². The fraction of sp³-hybridized carbons (Fsp3) is 0.417. The highest BCUT2D eigenvalue weighted by atomic mass is 32.2. The summed E-state index contributed by atoms with van der Waals surface area (Å²) < 4.78 is 9.20. The van der Waals surface area contributed by atoms with E-state index in [1.54, 1.807) is 12.1 Å². The third kappa shape index (κ3) is 3.73. The Balaban J connectivity index is 3.19. The molecule has 0 aliphatic heterocycles. The number of ether oxygens (including phenoxy) is 2. The number of pyridine rings is 1. The van der Waals surface area contributed by atoms with Crippen molar-refractivity contribution in [2.75, 3.05) is 14.2 Å². The van der Waals surface area contributed by atoms with E-state index in [1.165, 1.54) is 26.0 Å². The van der Waals surface area contributed by atoms with Gasteiger partial charge < -0.3 is 9.47 Å². The zero-order chi connectivity index (χ0) is 13.7. The quantitative estimate of drug-likeness (QED) is 0.616. The first kappa shape index (κ1) is 14.5. The number of thioether (sulfide) groups is 1. The number of hydrogen-bond acceptors (Lipinski definition) is 6. The molecule has 0 spiro atoms. The Labute approximate surface area is 110 Å². The summed E-state index contributed by atoms with van der Waals surface area (Å²) >= 11 is 1.53. The Bertz CT molecular complexity index is 425. The van der Waals surface area contributed by atoms with Crippen molar-refractivity contribution in [3.63, 3.8) is 0 Å². The first-order chi connectivity index (χ1) is 8.47. The Morgan fingerprint density at radius 2 is 1.56 bits per heavy atom. The molecule has 0 saturated carbocycles. The predicted molar refractivity (Wildman–Crippen MR) is 67.9 cm³/mol. The molecule has 5 nitrogen and oxygen atoms in total. The van der Waals surface area contributed by atoms with E-state index in [0.717, 1.165) is 4.90 Å². The van der Waals surface area contributed by atoms with Gasteiger partial charge in [0.15, 0.2) is 0 Å². The van der Waals surface area contributed by atoms with E-state index in [1.807, 2.05) is 13.8 Å². The molecule has 18 heavy (non-hydrogen) atoms. The van der Waals surface area contributed by atoms with Gasteiger partial charge >= 0.3 is 11.9 Å². The minimum absolute atomic E-state index is 0.101. The van der Waals surface area contributed by atoms with Gasteiger partial charge in [0.2, 0.25) is 0 Å². The normalized spacial score (nSPS) is 10.3. The molecule has 0 N–H and O–H groups in total. The second-order valence-electron chi connectivity index (χ2n) is 3.72. The summed E-state index contributed by atoms with van der Waals surface area (Å²) in [5.74, 6) is -1.15. The molecule has 0 radical (unpaired) electrons. The lowest BCUT2D eigenvalue weighted by Crippen LogP contribution is -2.11. The molecule has 98 valence electrons. The molecule has 0 aromatic carbocycles. The van der Waals surface area contributed by atoms with Crippen molar-refractivity contribution in [3.8, 4) is 0 Å². The van der Waals surface area contributed by atoms with Gasteiger partial charge in [0.05, 0.1) is 14.2 Å². The summed E-state index contributed by atoms with van der Waals surface area (Å²) in [6.45, 7) is 4.03. The maximum atomic E-state index is 11.5. The molecule has 0 fully saturated rings. The molecule has 0 bridgehead atoms. The molecule has 0 unspecified atom stereocenters. The van der Waals surface area contributed by atoms with E-state index in [4.69, 9.17) is 0 Å². The van der Waals surface area contributed by atoms with Crippen LogP contribution in [0.4, 0.5) is 0 Å². The molecule has 0 atom stereocenters. The van der Waals surface area contributed by atoms with E-state index in [9.17, 15) is 9.59 Å². The summed E-state index contributed by atoms with van der Waals surface area (Å²) in [4.78, 5) is 27.6. The van der Waals surface area contributed by atoms with Gasteiger partial charge in [0.1, 0.15) is 11.4 Å². The van der Waals surface area contributed by atoms with Gasteiger partial charge in [0.25, 0.3) is 0 Å². The summed E-state index contributed by atoms with van der Waals surface area (Å²) in [7, 11) is 2.54. The number of carbonyl (C=O) groups excluding carboxylic acids is 2. The highest BCUT2D eigenvalue weighted by Crippen LogP contribution is 2.24. The average Bonchev–Trinajstić information content (AvgIpc) is 2.35. The number of hydrogen-bond donors (Lipinski definition) is 0. The van der Waals surface area contributed by atoms with Gasteiger partial charge in [0, 0.05) is 10.1 Å². The third-order valence-electron chi connectivity index (χ3n) is 1.96. The second-order valence-corrected chi connectivity index (χ2v) is 5.37. The standard InChI is InChI=1S/C12H15NO4S/c1-7(2)18-8-5-9(11(14)16-3)13-10(6-8)12(15)17-4/h5-7H,1-4H3. The Morgan fingerprint density at radius 1 is 1.11 bits per heavy atom. The highest BCUT2D eigenvalue weighted by molar-refractivity contribution is 7.99. The minimum Gasteiger partial charge on any atom is -0.464 e. The number of carbonyl (C=O) groups is 2. The van der Waals surface area contributed by atoms with E-state index >= 15 is 0 Å². The van der Waals surface area contributed by atoms with Gasteiger partial charge in [-0.3, -0.25) is 0 Å². The highest BCUT2D eigenvalue weighted by Gasteiger charge is 2.16. The lowest BCUT2D eigenvalue weighted by atomic mass is 10.3. The van der Waals surface area contributed by atoms with Crippen LogP contribution in [-0.2, 0) is 9.47 Å². The van der Waals surface area contributed by atoms with Crippen LogP contribution in [0.2, 0.25) is 0 Å². The number of aromatic nitrogens is 1. The molecule has 1 aromatic heterocycles. The van der Waals surface area contributed by atoms with Crippen LogP contribution in [-0.4, -0.2) is 36.4 Å². The van der Waals surface area contributed by atoms with Crippen molar-refractivity contribution in [2.24, 2.45) is 0 Å². The number of esters is 2. The maximum absolute atomic E-state index is 11.5. The molecule has 1 heterocycles. The zero-order valence-electron chi connectivity index (χ0n) is 10.7. The van der Waals surface area contributed by atoms with Crippen LogP contribution in [0.3, 0.4) is 0 Å². The largest absolute Gasteiger partial charge is 0.464 e. The molecule has 0 aliphatic rings. The summed E-state index contributed by atoms with van der Waals surface area (Å²) in [5, 5.41) is 0.323. The molecule has 1 rings (SSSR count). The topological polar surface area (TPSA) is 65.5 Å². The molecule has 0 amide bonds. The van der Waals surface area contributed by atoms with Gasteiger partial charge in [-0.25, -0.2) is 14.6 Å². The van der Waals surface area contributed by atoms with E-state index < -0.39 is 11.9 Å². The molecule has 6 heteroatoms. The zero-order valence-corrected chi connectivity index (χ0v) is 11.5. The summed E-state index contributed by atoms with van der Waals surface area (Å²) in [6.07, 6.45) is 0. The second kappa shape index (κ2) is 6.39. The van der Waals surface area contributed by atoms with Crippen LogP contribution in [0.1, 0.15) is 34.8 Å². The van der Waals surface area contributed by atoms with Crippen LogP contribution < -0.4 is 0 Å². The molecule has 0 saturated heterocycles. The molecule has 0 aliphatic carbocycles. The monoisotopic (exact) mass is 269 g/mol. The number of rotatable bonds is 4. The van der Waals surface area contributed by atoms with Crippen molar-refractivity contribution in [2.45, 2.75) is 24.0 Å². The van der Waals surface area contributed by atoms with Crippen molar-refractivity contribution >= 4 is 23.7 Å². The van der Waals surface area contributed by atoms with Crippen LogP contribution in [0.25, 0.3) is 0 Å². The lowest BCUT2D eigenvalue weighted by molar-refractivity contribution is 0.0585. The smallest absolute Gasteiger partial charge is 0.356 e. The summed E-state index contributed by atoms with van der Waals surface area (Å²) in [5.41, 5.74) is 0.201. The van der Waals surface area contributed by atoms with E-state index in [0.29, 0.717) is 5.25 Å². The summed E-state index contributed by atoms with van der Waals surface area (Å²) in [6, 6.07) is 3.20. The maximum Gasteiger partial charge on any atom is 0.356 e. The van der Waals surface area contributed by atoms with Gasteiger partial charge in [-0.1, -0.05) is 13.8 Å². The van der Waals surface area contributed by atoms with Crippen molar-refractivity contribution < 1.29 is 19.1 Å². The lowest BCUT2D eigenvalue weighted by Gasteiger charge is -2.08. The van der Waals surface area contributed by atoms with Crippen molar-refractivity contribution in [3.05, 3.63) is 23.5 Å². The Hall–Kier alpha value is -1.56. The van der Waals surface area contributed by atoms with Gasteiger partial charge in [-0.05, 0) is 12.1 Å². The Morgan fingerprint density at radius 3 is 1.89 bits per heavy atom. The minimum atomic E-state index is -0.577. The van der Waals surface area contributed by atoms with Crippen molar-refractivity contribution in [1.29, 1.82) is 0 Å². The molecular formula is C12H15NO4S. The molecular weight excluding hydrogens is 254 g/mol. The average molecular weight is 269 g/mol. The first-order valence-electron chi connectivity index (χ1n) is 5.33. The molecule has 1 aromatic rings. The van der Waals surface area contributed by atoms with E-state index in [2.05, 4.69) is 14.5 Å². The fourth-order valence-corrected chi connectivity index (χ4v) is 2.17. The third-order valence-corrected chi connectivity index (χ3v) is 2.94. The van der Waals surface area contributed by atoms with Gasteiger partial charge in [-0.2, -0.15) is 0 Å². The van der Waals surface area contributed by atoms with E-state index in [-0.39, 0.29) is 11.4 Å². The van der Waals surface area contributed by atoms with Crippen molar-refractivity contribution in [1.82, 2.24) is 4.98 Å².